The van der Waals surface area contributed by atoms with Gasteiger partial charge in [-0.3, -0.25) is 4.79 Å². The van der Waals surface area contributed by atoms with Gasteiger partial charge in [0.25, 0.3) is 0 Å². The summed E-state index contributed by atoms with van der Waals surface area (Å²) >= 11 is 0. The minimum Gasteiger partial charge on any atom is -0.484 e. The Morgan fingerprint density at radius 2 is 1.68 bits per heavy atom. The van der Waals surface area contributed by atoms with Crippen molar-refractivity contribution in [1.29, 1.82) is 0 Å². The molecule has 0 spiro atoms. The third-order valence-corrected chi connectivity index (χ3v) is 8.57. The quantitative estimate of drug-likeness (QED) is 0.372. The fourth-order valence-corrected chi connectivity index (χ4v) is 5.82. The number of rotatable bonds is 10. The number of piperazine rings is 1. The molecule has 1 aliphatic rings. The molecule has 0 amide bonds. The van der Waals surface area contributed by atoms with E-state index < -0.39 is 26.6 Å². The monoisotopic (exact) mass is 530 g/mol. The van der Waals surface area contributed by atoms with Gasteiger partial charge in [-0.15, -0.1) is 0 Å². The third-order valence-electron chi connectivity index (χ3n) is 6.32. The van der Waals surface area contributed by atoms with Crippen molar-refractivity contribution in [2.24, 2.45) is 0 Å². The summed E-state index contributed by atoms with van der Waals surface area (Å²) in [5.41, 5.74) is 1.25. The van der Waals surface area contributed by atoms with Crippen LogP contribution in [-0.4, -0.2) is 68.5 Å². The molecule has 2 heterocycles. The van der Waals surface area contributed by atoms with E-state index in [0.29, 0.717) is 43.2 Å². The van der Waals surface area contributed by atoms with E-state index in [2.05, 4.69) is 5.10 Å². The molecule has 1 atom stereocenters. The molecule has 11 heteroatoms. The highest BCUT2D eigenvalue weighted by molar-refractivity contribution is 7.89. The van der Waals surface area contributed by atoms with Crippen LogP contribution in [-0.2, 0) is 14.8 Å². The number of hydrogen-bond acceptors (Lipinski definition) is 7. The number of halogens is 1. The zero-order chi connectivity index (χ0) is 26.4. The number of sulfonamides is 1. The average Bonchev–Trinajstić information content (AvgIpc) is 2.92. The molecular weight excluding hydrogens is 499 g/mol. The van der Waals surface area contributed by atoms with Gasteiger partial charge in [0.2, 0.25) is 15.8 Å². The van der Waals surface area contributed by atoms with E-state index in [-0.39, 0.29) is 25.4 Å². The molecule has 1 fully saturated rings. The third kappa shape index (κ3) is 6.00. The van der Waals surface area contributed by atoms with Crippen LogP contribution in [0.3, 0.4) is 0 Å². The van der Waals surface area contributed by atoms with E-state index in [0.717, 1.165) is 0 Å². The van der Waals surface area contributed by atoms with E-state index in [1.54, 1.807) is 25.3 Å². The highest BCUT2D eigenvalue weighted by atomic mass is 32.2. The van der Waals surface area contributed by atoms with Crippen LogP contribution in [0.1, 0.15) is 24.7 Å². The van der Waals surface area contributed by atoms with Crippen LogP contribution in [0.25, 0.3) is 5.69 Å². The van der Waals surface area contributed by atoms with E-state index in [4.69, 9.17) is 9.47 Å². The summed E-state index contributed by atoms with van der Waals surface area (Å²) < 4.78 is 53.7. The summed E-state index contributed by atoms with van der Waals surface area (Å²) in [5.74, 6) is -0.265. The van der Waals surface area contributed by atoms with Crippen molar-refractivity contribution in [3.8, 4) is 11.4 Å². The van der Waals surface area contributed by atoms with Crippen LogP contribution in [0.5, 0.6) is 5.75 Å². The zero-order valence-corrected chi connectivity index (χ0v) is 21.7. The Balaban J connectivity index is 1.54. The Bertz CT molecular complexity index is 1340. The number of hydrogen-bond donors (Lipinski definition) is 0. The van der Waals surface area contributed by atoms with Crippen LogP contribution in [0.4, 0.5) is 10.1 Å². The van der Waals surface area contributed by atoms with Crippen LogP contribution >= 0.6 is 0 Å². The first-order chi connectivity index (χ1) is 17.8. The largest absolute Gasteiger partial charge is 0.484 e. The smallest absolute Gasteiger partial charge is 0.316 e. The van der Waals surface area contributed by atoms with Gasteiger partial charge in [-0.1, -0.05) is 30.3 Å². The number of benzene rings is 2. The summed E-state index contributed by atoms with van der Waals surface area (Å²) in [6, 6.07) is 14.6. The summed E-state index contributed by atoms with van der Waals surface area (Å²) in [6.07, 6.45) is 1.58. The molecule has 0 saturated carbocycles. The van der Waals surface area contributed by atoms with Gasteiger partial charge >= 0.3 is 5.56 Å². The molecule has 37 heavy (non-hydrogen) atoms. The molecule has 0 N–H and O–H groups in total. The van der Waals surface area contributed by atoms with Crippen molar-refractivity contribution >= 4 is 15.7 Å². The highest BCUT2D eigenvalue weighted by Gasteiger charge is 2.33. The predicted molar refractivity (Wildman–Crippen MR) is 139 cm³/mol. The molecule has 1 saturated heterocycles. The summed E-state index contributed by atoms with van der Waals surface area (Å²) in [7, 11) is -3.66. The minimum absolute atomic E-state index is 0.148. The van der Waals surface area contributed by atoms with Crippen molar-refractivity contribution in [3.05, 3.63) is 82.5 Å². The van der Waals surface area contributed by atoms with Crippen LogP contribution in [0, 0.1) is 5.82 Å². The van der Waals surface area contributed by atoms with Gasteiger partial charge < -0.3 is 14.4 Å². The molecule has 9 nitrogen and oxygen atoms in total. The standard InChI is InChI=1S/C26H31FN4O5S/c1-3-35-17-18-36-25-24(19-28-31(26(25)32)23-7-5-4-6-8-23)29-13-15-30(16-14-29)37(33,34)20(2)21-9-11-22(27)12-10-21/h4-12,19-20H,3,13-18H2,1-2H3. The topological polar surface area (TPSA) is 94.0 Å². The van der Waals surface area contributed by atoms with Crippen molar-refractivity contribution in [1.82, 2.24) is 14.1 Å². The second-order valence-electron chi connectivity index (χ2n) is 8.58. The van der Waals surface area contributed by atoms with Gasteiger partial charge in [-0.2, -0.15) is 14.1 Å². The number of aromatic nitrogens is 2. The Labute approximate surface area is 216 Å². The molecule has 1 aliphatic heterocycles. The maximum atomic E-state index is 13.4. The molecule has 1 aromatic heterocycles. The van der Waals surface area contributed by atoms with Crippen LogP contribution in [0.15, 0.2) is 65.6 Å². The second kappa shape index (κ2) is 11.8. The first-order valence-corrected chi connectivity index (χ1v) is 13.7. The van der Waals surface area contributed by atoms with Gasteiger partial charge in [0, 0.05) is 32.8 Å². The lowest BCUT2D eigenvalue weighted by Gasteiger charge is -2.36. The van der Waals surface area contributed by atoms with Crippen molar-refractivity contribution < 1.29 is 22.3 Å². The first kappa shape index (κ1) is 26.8. The Hall–Kier alpha value is -3.28. The number of nitrogens with zero attached hydrogens (tertiary/aromatic N) is 4. The zero-order valence-electron chi connectivity index (χ0n) is 20.9. The predicted octanol–water partition coefficient (Wildman–Crippen LogP) is 3.00. The van der Waals surface area contributed by atoms with Gasteiger partial charge in [0.05, 0.1) is 23.7 Å². The highest BCUT2D eigenvalue weighted by Crippen LogP contribution is 2.29. The fourth-order valence-electron chi connectivity index (χ4n) is 4.20. The van der Waals surface area contributed by atoms with Crippen LogP contribution in [0.2, 0.25) is 0 Å². The van der Waals surface area contributed by atoms with Crippen molar-refractivity contribution in [2.75, 3.05) is 50.9 Å². The van der Waals surface area contributed by atoms with E-state index in [1.165, 1.54) is 33.3 Å². The van der Waals surface area contributed by atoms with E-state index in [1.807, 2.05) is 30.0 Å². The van der Waals surface area contributed by atoms with Crippen molar-refractivity contribution in [3.63, 3.8) is 0 Å². The van der Waals surface area contributed by atoms with E-state index in [9.17, 15) is 17.6 Å². The number of anilines is 1. The number of para-hydroxylation sites is 1. The molecule has 0 aliphatic carbocycles. The fraction of sp³-hybridized carbons (Fsp3) is 0.385. The molecule has 3 aromatic rings. The second-order valence-corrected chi connectivity index (χ2v) is 10.8. The number of ether oxygens (including phenoxy) is 2. The first-order valence-electron chi connectivity index (χ1n) is 12.2. The summed E-state index contributed by atoms with van der Waals surface area (Å²) in [4.78, 5) is 15.3. The molecule has 0 radical (unpaired) electrons. The SMILES string of the molecule is CCOCCOc1c(N2CCN(S(=O)(=O)C(C)c3ccc(F)cc3)CC2)cnn(-c2ccccc2)c1=O. The van der Waals surface area contributed by atoms with E-state index >= 15 is 0 Å². The Kier molecular flexibility index (Phi) is 8.57. The molecular formula is C26H31FN4O5S. The molecule has 1 unspecified atom stereocenters. The Morgan fingerprint density at radius 1 is 1.00 bits per heavy atom. The van der Waals surface area contributed by atoms with Gasteiger partial charge in [-0.05, 0) is 43.7 Å². The molecule has 198 valence electrons. The van der Waals surface area contributed by atoms with Gasteiger partial charge in [0.15, 0.2) is 0 Å². The summed E-state index contributed by atoms with van der Waals surface area (Å²) in [5, 5.41) is 3.55. The van der Waals surface area contributed by atoms with Gasteiger partial charge in [-0.25, -0.2) is 12.8 Å². The lowest BCUT2D eigenvalue weighted by atomic mass is 10.2. The molecule has 0 bridgehead atoms. The van der Waals surface area contributed by atoms with Gasteiger partial charge in [0.1, 0.15) is 18.1 Å². The lowest BCUT2D eigenvalue weighted by Crippen LogP contribution is -2.50. The molecule has 4 rings (SSSR count). The van der Waals surface area contributed by atoms with Crippen molar-refractivity contribution in [2.45, 2.75) is 19.1 Å². The summed E-state index contributed by atoms with van der Waals surface area (Å²) in [6.45, 7) is 5.71. The maximum absolute atomic E-state index is 13.4. The molecule has 2 aromatic carbocycles. The maximum Gasteiger partial charge on any atom is 0.316 e. The van der Waals surface area contributed by atoms with Crippen LogP contribution < -0.4 is 15.2 Å². The lowest BCUT2D eigenvalue weighted by molar-refractivity contribution is 0.109. The normalized spacial score (nSPS) is 15.5. The average molecular weight is 531 g/mol. The Morgan fingerprint density at radius 3 is 2.32 bits per heavy atom. The minimum atomic E-state index is -3.66.